The van der Waals surface area contributed by atoms with E-state index in [4.69, 9.17) is 4.74 Å². The second-order valence-corrected chi connectivity index (χ2v) is 4.26. The second-order valence-electron chi connectivity index (χ2n) is 4.26. The molecule has 1 aromatic carbocycles. The first-order valence-electron chi connectivity index (χ1n) is 5.89. The average Bonchev–Trinajstić information content (AvgIpc) is 2.38. The summed E-state index contributed by atoms with van der Waals surface area (Å²) in [6.45, 7) is 2.03. The molecule has 5 nitrogen and oxygen atoms in total. The summed E-state index contributed by atoms with van der Waals surface area (Å²) in [5, 5.41) is 3.67. The number of likely N-dealkylation sites (N-methyl/N-ethyl adjacent to an activating group) is 1. The molecule has 5 heteroatoms. The lowest BCUT2D eigenvalue weighted by atomic mass is 10.2. The first kappa shape index (κ1) is 12.6. The van der Waals surface area contributed by atoms with Crippen LogP contribution in [-0.4, -0.2) is 30.2 Å². The van der Waals surface area contributed by atoms with Crippen molar-refractivity contribution in [3.63, 3.8) is 0 Å². The van der Waals surface area contributed by atoms with Crippen LogP contribution >= 0.6 is 0 Å². The summed E-state index contributed by atoms with van der Waals surface area (Å²) in [6, 6.07) is 5.59. The Hall–Kier alpha value is -1.88. The van der Waals surface area contributed by atoms with E-state index in [2.05, 4.69) is 15.3 Å². The van der Waals surface area contributed by atoms with Crippen molar-refractivity contribution in [1.29, 1.82) is 0 Å². The van der Waals surface area contributed by atoms with Crippen molar-refractivity contribution in [2.24, 2.45) is 0 Å². The molecule has 0 aliphatic rings. The first-order valence-corrected chi connectivity index (χ1v) is 5.89. The number of fused-ring (bicyclic) bond motifs is 1. The largest absolute Gasteiger partial charge is 0.494 e. The van der Waals surface area contributed by atoms with Crippen LogP contribution in [0.1, 0.15) is 12.7 Å². The van der Waals surface area contributed by atoms with Crippen molar-refractivity contribution in [3.05, 3.63) is 34.4 Å². The monoisotopic (exact) mass is 247 g/mol. The number of methoxy groups -OCH3 is 1. The third-order valence-electron chi connectivity index (χ3n) is 2.96. The maximum atomic E-state index is 12.0. The number of aromatic nitrogens is 2. The van der Waals surface area contributed by atoms with Gasteiger partial charge in [-0.25, -0.2) is 4.98 Å². The first-order chi connectivity index (χ1) is 8.65. The lowest BCUT2D eigenvalue weighted by Crippen LogP contribution is -2.26. The summed E-state index contributed by atoms with van der Waals surface area (Å²) in [7, 11) is 3.46. The normalized spacial score (nSPS) is 12.6. The highest BCUT2D eigenvalue weighted by Crippen LogP contribution is 2.20. The van der Waals surface area contributed by atoms with E-state index in [9.17, 15) is 4.79 Å². The highest BCUT2D eigenvalue weighted by molar-refractivity contribution is 5.83. The van der Waals surface area contributed by atoms with Crippen molar-refractivity contribution < 1.29 is 4.74 Å². The number of hydrogen-bond acceptors (Lipinski definition) is 4. The Morgan fingerprint density at radius 3 is 2.94 bits per heavy atom. The number of benzene rings is 1. The molecule has 96 valence electrons. The predicted octanol–water partition coefficient (Wildman–Crippen LogP) is 1.08. The number of H-pyrrole nitrogens is 1. The van der Waals surface area contributed by atoms with E-state index >= 15 is 0 Å². The second kappa shape index (κ2) is 5.18. The quantitative estimate of drug-likeness (QED) is 0.848. The van der Waals surface area contributed by atoms with Gasteiger partial charge in [-0.05, 0) is 26.1 Å². The van der Waals surface area contributed by atoms with Crippen LogP contribution in [0.15, 0.2) is 23.0 Å². The van der Waals surface area contributed by atoms with Gasteiger partial charge in [0.05, 0.1) is 12.5 Å². The third-order valence-corrected chi connectivity index (χ3v) is 2.96. The predicted molar refractivity (Wildman–Crippen MR) is 71.1 cm³/mol. The summed E-state index contributed by atoms with van der Waals surface area (Å²) in [4.78, 5) is 19.2. The van der Waals surface area contributed by atoms with Crippen LogP contribution < -0.4 is 15.6 Å². The molecule has 0 aliphatic carbocycles. The Morgan fingerprint density at radius 1 is 1.50 bits per heavy atom. The van der Waals surface area contributed by atoms with Crippen molar-refractivity contribution in [3.8, 4) is 5.75 Å². The third kappa shape index (κ3) is 2.36. The van der Waals surface area contributed by atoms with Crippen molar-refractivity contribution >= 4 is 10.9 Å². The van der Waals surface area contributed by atoms with Crippen molar-refractivity contribution in [2.45, 2.75) is 19.4 Å². The Bertz CT molecular complexity index is 607. The molecular weight excluding hydrogens is 230 g/mol. The fraction of sp³-hybridized carbons (Fsp3) is 0.385. The minimum atomic E-state index is -0.128. The van der Waals surface area contributed by atoms with E-state index < -0.39 is 0 Å². The van der Waals surface area contributed by atoms with Crippen LogP contribution in [0.5, 0.6) is 5.75 Å². The highest BCUT2D eigenvalue weighted by atomic mass is 16.5. The summed E-state index contributed by atoms with van der Waals surface area (Å²) < 4.78 is 5.24. The molecule has 1 atom stereocenters. The molecule has 0 saturated heterocycles. The van der Waals surface area contributed by atoms with Crippen LogP contribution in [0.25, 0.3) is 10.9 Å². The number of aromatic amines is 1. The van der Waals surface area contributed by atoms with Gasteiger partial charge in [-0.1, -0.05) is 6.07 Å². The van der Waals surface area contributed by atoms with E-state index in [1.165, 1.54) is 0 Å². The molecule has 0 radical (unpaired) electrons. The van der Waals surface area contributed by atoms with Crippen LogP contribution in [0.2, 0.25) is 0 Å². The van der Waals surface area contributed by atoms with E-state index in [-0.39, 0.29) is 11.6 Å². The van der Waals surface area contributed by atoms with Gasteiger partial charge in [0.25, 0.3) is 5.56 Å². The van der Waals surface area contributed by atoms with E-state index in [0.717, 1.165) is 0 Å². The topological polar surface area (TPSA) is 67.0 Å². The molecule has 18 heavy (non-hydrogen) atoms. The molecule has 0 bridgehead atoms. The SMILES string of the molecule is CNC(C)Cc1nc2c(OC)cccc2c(=O)[nH]1. The van der Waals surface area contributed by atoms with Gasteiger partial charge in [0.15, 0.2) is 0 Å². The van der Waals surface area contributed by atoms with E-state index in [1.807, 2.05) is 14.0 Å². The number of nitrogens with one attached hydrogen (secondary N) is 2. The van der Waals surface area contributed by atoms with Gasteiger partial charge in [0, 0.05) is 12.5 Å². The molecule has 0 fully saturated rings. The smallest absolute Gasteiger partial charge is 0.258 e. The maximum Gasteiger partial charge on any atom is 0.258 e. The molecule has 2 rings (SSSR count). The van der Waals surface area contributed by atoms with Gasteiger partial charge < -0.3 is 15.0 Å². The molecular formula is C13H17N3O2. The van der Waals surface area contributed by atoms with Crippen LogP contribution in [0.4, 0.5) is 0 Å². The molecule has 1 unspecified atom stereocenters. The number of rotatable bonds is 4. The molecule has 1 heterocycles. The fourth-order valence-electron chi connectivity index (χ4n) is 1.84. The Labute approximate surface area is 105 Å². The van der Waals surface area contributed by atoms with Crippen molar-refractivity contribution in [2.75, 3.05) is 14.2 Å². The Balaban J connectivity index is 2.56. The van der Waals surface area contributed by atoms with Gasteiger partial charge >= 0.3 is 0 Å². The van der Waals surface area contributed by atoms with Crippen LogP contribution in [0, 0.1) is 0 Å². The molecule has 0 aliphatic heterocycles. The summed E-state index contributed by atoms with van der Waals surface area (Å²) in [5.74, 6) is 1.29. The summed E-state index contributed by atoms with van der Waals surface area (Å²) >= 11 is 0. The highest BCUT2D eigenvalue weighted by Gasteiger charge is 2.10. The van der Waals surface area contributed by atoms with Crippen molar-refractivity contribution in [1.82, 2.24) is 15.3 Å². The zero-order valence-electron chi connectivity index (χ0n) is 10.8. The minimum absolute atomic E-state index is 0.128. The molecule has 0 amide bonds. The van der Waals surface area contributed by atoms with Gasteiger partial charge in [0.2, 0.25) is 0 Å². The molecule has 0 spiro atoms. The zero-order chi connectivity index (χ0) is 13.1. The minimum Gasteiger partial charge on any atom is -0.494 e. The average molecular weight is 247 g/mol. The molecule has 2 N–H and O–H groups in total. The van der Waals surface area contributed by atoms with E-state index in [1.54, 1.807) is 25.3 Å². The number of nitrogens with zero attached hydrogens (tertiary/aromatic N) is 1. The van der Waals surface area contributed by atoms with E-state index in [0.29, 0.717) is 28.9 Å². The Morgan fingerprint density at radius 2 is 2.28 bits per heavy atom. The zero-order valence-corrected chi connectivity index (χ0v) is 10.8. The lowest BCUT2D eigenvalue weighted by Gasteiger charge is -2.10. The molecule has 1 aromatic heterocycles. The summed E-state index contributed by atoms with van der Waals surface area (Å²) in [6.07, 6.45) is 0.666. The van der Waals surface area contributed by atoms with Gasteiger partial charge in [-0.15, -0.1) is 0 Å². The maximum absolute atomic E-state index is 12.0. The van der Waals surface area contributed by atoms with Crippen LogP contribution in [-0.2, 0) is 6.42 Å². The van der Waals surface area contributed by atoms with Gasteiger partial charge in [-0.2, -0.15) is 0 Å². The summed E-state index contributed by atoms with van der Waals surface area (Å²) in [5.41, 5.74) is 0.485. The fourth-order valence-corrected chi connectivity index (χ4v) is 1.84. The lowest BCUT2D eigenvalue weighted by molar-refractivity contribution is 0.418. The number of ether oxygens (including phenoxy) is 1. The molecule has 2 aromatic rings. The number of para-hydroxylation sites is 1. The Kier molecular flexibility index (Phi) is 3.62. The van der Waals surface area contributed by atoms with Gasteiger partial charge in [0.1, 0.15) is 17.1 Å². The number of hydrogen-bond donors (Lipinski definition) is 2. The molecule has 0 saturated carbocycles. The van der Waals surface area contributed by atoms with Gasteiger partial charge in [-0.3, -0.25) is 4.79 Å². The van der Waals surface area contributed by atoms with Crippen LogP contribution in [0.3, 0.4) is 0 Å². The standard InChI is InChI=1S/C13H17N3O2/c1-8(14-2)7-11-15-12-9(13(17)16-11)5-4-6-10(12)18-3/h4-6,8,14H,7H2,1-3H3,(H,15,16,17).